The first kappa shape index (κ1) is 14.1. The molecule has 0 aromatic heterocycles. The van der Waals surface area contributed by atoms with E-state index >= 15 is 0 Å². The lowest BCUT2D eigenvalue weighted by Crippen LogP contribution is -2.16. The summed E-state index contributed by atoms with van der Waals surface area (Å²) in [6, 6.07) is 16.5. The van der Waals surface area contributed by atoms with Crippen molar-refractivity contribution in [2.75, 3.05) is 20.2 Å². The summed E-state index contributed by atoms with van der Waals surface area (Å²) < 4.78 is 11.5. The highest BCUT2D eigenvalue weighted by Crippen LogP contribution is 2.32. The van der Waals surface area contributed by atoms with E-state index < -0.39 is 0 Å². The van der Waals surface area contributed by atoms with E-state index in [-0.39, 0.29) is 0 Å². The third kappa shape index (κ3) is 3.26. The maximum Gasteiger partial charge on any atom is 0.126 e. The van der Waals surface area contributed by atoms with Crippen LogP contribution in [0.2, 0.25) is 0 Å². The highest BCUT2D eigenvalue weighted by molar-refractivity contribution is 5.73. The van der Waals surface area contributed by atoms with Crippen LogP contribution in [0.15, 0.2) is 48.5 Å². The first-order chi connectivity index (χ1) is 10.4. The first-order valence-electron chi connectivity index (χ1n) is 7.42. The molecule has 0 bridgehead atoms. The number of ether oxygens (including phenoxy) is 2. The van der Waals surface area contributed by atoms with Gasteiger partial charge in [0.25, 0.3) is 0 Å². The van der Waals surface area contributed by atoms with Crippen LogP contribution < -0.4 is 10.1 Å². The molecular weight excluding hydrogens is 262 g/mol. The molecule has 1 saturated heterocycles. The van der Waals surface area contributed by atoms with Gasteiger partial charge in [-0.25, -0.2) is 0 Å². The molecule has 0 amide bonds. The summed E-state index contributed by atoms with van der Waals surface area (Å²) in [5, 5.41) is 3.33. The third-order valence-corrected chi connectivity index (χ3v) is 3.90. The van der Waals surface area contributed by atoms with Crippen molar-refractivity contribution in [3.8, 4) is 16.9 Å². The molecule has 1 atom stereocenters. The van der Waals surface area contributed by atoms with Crippen molar-refractivity contribution in [1.29, 1.82) is 0 Å². The highest BCUT2D eigenvalue weighted by atomic mass is 16.5. The van der Waals surface area contributed by atoms with Crippen molar-refractivity contribution in [2.24, 2.45) is 0 Å². The number of rotatable bonds is 5. The van der Waals surface area contributed by atoms with Gasteiger partial charge in [0.05, 0.1) is 19.8 Å². The van der Waals surface area contributed by atoms with Gasteiger partial charge in [-0.15, -0.1) is 0 Å². The minimum atomic E-state index is 0.329. The standard InChI is InChI=1S/C18H21NO2/c1-20-18-9-5-4-8-17(18)16-7-3-2-6-14(16)13-21-15-10-11-19-12-15/h2-9,15,19H,10-13H2,1H3/t15-/m0/s1. The predicted octanol–water partition coefficient (Wildman–Crippen LogP) is 3.24. The monoisotopic (exact) mass is 283 g/mol. The molecular formula is C18H21NO2. The number of methoxy groups -OCH3 is 1. The van der Waals surface area contributed by atoms with Crippen LogP contribution in [-0.2, 0) is 11.3 Å². The zero-order chi connectivity index (χ0) is 14.5. The molecule has 3 heteroatoms. The van der Waals surface area contributed by atoms with Crippen molar-refractivity contribution in [1.82, 2.24) is 5.32 Å². The molecule has 0 aliphatic carbocycles. The summed E-state index contributed by atoms with van der Waals surface area (Å²) >= 11 is 0. The molecule has 0 radical (unpaired) electrons. The molecule has 1 aliphatic heterocycles. The Hall–Kier alpha value is -1.84. The second kappa shape index (κ2) is 6.74. The van der Waals surface area contributed by atoms with Crippen LogP contribution in [0.4, 0.5) is 0 Å². The number of hydrogen-bond donors (Lipinski definition) is 1. The summed E-state index contributed by atoms with van der Waals surface area (Å²) in [6.07, 6.45) is 1.42. The number of para-hydroxylation sites is 1. The minimum absolute atomic E-state index is 0.329. The molecule has 2 aromatic carbocycles. The van der Waals surface area contributed by atoms with Gasteiger partial charge >= 0.3 is 0 Å². The lowest BCUT2D eigenvalue weighted by Gasteiger charge is -2.15. The van der Waals surface area contributed by atoms with Crippen LogP contribution in [0.5, 0.6) is 5.75 Å². The SMILES string of the molecule is COc1ccccc1-c1ccccc1CO[C@H]1CCNC1. The third-order valence-electron chi connectivity index (χ3n) is 3.90. The van der Waals surface area contributed by atoms with E-state index in [0.29, 0.717) is 12.7 Å². The average molecular weight is 283 g/mol. The van der Waals surface area contributed by atoms with Crippen molar-refractivity contribution in [3.05, 3.63) is 54.1 Å². The predicted molar refractivity (Wildman–Crippen MR) is 84.5 cm³/mol. The van der Waals surface area contributed by atoms with Crippen molar-refractivity contribution >= 4 is 0 Å². The lowest BCUT2D eigenvalue weighted by molar-refractivity contribution is 0.0545. The second-order valence-electron chi connectivity index (χ2n) is 5.28. The maximum atomic E-state index is 6.02. The van der Waals surface area contributed by atoms with Gasteiger partial charge in [0.15, 0.2) is 0 Å². The Labute approximate surface area is 125 Å². The van der Waals surface area contributed by atoms with Crippen LogP contribution in [-0.4, -0.2) is 26.3 Å². The Bertz CT molecular complexity index is 591. The van der Waals surface area contributed by atoms with Gasteiger partial charge < -0.3 is 14.8 Å². The van der Waals surface area contributed by atoms with Gasteiger partial charge in [0, 0.05) is 12.1 Å². The van der Waals surface area contributed by atoms with Gasteiger partial charge in [0.2, 0.25) is 0 Å². The zero-order valence-corrected chi connectivity index (χ0v) is 12.3. The Morgan fingerprint density at radius 3 is 2.57 bits per heavy atom. The highest BCUT2D eigenvalue weighted by Gasteiger charge is 2.16. The van der Waals surface area contributed by atoms with E-state index in [9.17, 15) is 0 Å². The lowest BCUT2D eigenvalue weighted by atomic mass is 9.99. The van der Waals surface area contributed by atoms with Gasteiger partial charge in [-0.2, -0.15) is 0 Å². The molecule has 1 heterocycles. The summed E-state index contributed by atoms with van der Waals surface area (Å²) in [5.41, 5.74) is 3.50. The fourth-order valence-electron chi connectivity index (χ4n) is 2.75. The Balaban J connectivity index is 1.84. The van der Waals surface area contributed by atoms with Gasteiger partial charge in [-0.05, 0) is 30.2 Å². The van der Waals surface area contributed by atoms with E-state index in [2.05, 4.69) is 35.6 Å². The summed E-state index contributed by atoms with van der Waals surface area (Å²) in [7, 11) is 1.71. The van der Waals surface area contributed by atoms with Crippen LogP contribution in [0.3, 0.4) is 0 Å². The summed E-state index contributed by atoms with van der Waals surface area (Å²) in [5.74, 6) is 0.896. The molecule has 21 heavy (non-hydrogen) atoms. The number of benzene rings is 2. The Morgan fingerprint density at radius 1 is 1.05 bits per heavy atom. The summed E-state index contributed by atoms with van der Waals surface area (Å²) in [4.78, 5) is 0. The fourth-order valence-corrected chi connectivity index (χ4v) is 2.75. The van der Waals surface area contributed by atoms with Gasteiger partial charge in [0.1, 0.15) is 5.75 Å². The Morgan fingerprint density at radius 2 is 1.81 bits per heavy atom. The molecule has 0 unspecified atom stereocenters. The zero-order valence-electron chi connectivity index (χ0n) is 12.3. The fraction of sp³-hybridized carbons (Fsp3) is 0.333. The van der Waals surface area contributed by atoms with Crippen molar-refractivity contribution in [3.63, 3.8) is 0 Å². The summed E-state index contributed by atoms with van der Waals surface area (Å²) in [6.45, 7) is 2.65. The molecule has 3 rings (SSSR count). The average Bonchev–Trinajstić information content (AvgIpc) is 3.06. The van der Waals surface area contributed by atoms with Gasteiger partial charge in [-0.1, -0.05) is 42.5 Å². The van der Waals surface area contributed by atoms with Crippen molar-refractivity contribution < 1.29 is 9.47 Å². The topological polar surface area (TPSA) is 30.5 Å². The van der Waals surface area contributed by atoms with Crippen LogP contribution in [0.25, 0.3) is 11.1 Å². The molecule has 2 aromatic rings. The molecule has 1 fully saturated rings. The van der Waals surface area contributed by atoms with E-state index in [1.807, 2.05) is 18.2 Å². The van der Waals surface area contributed by atoms with E-state index in [1.54, 1.807) is 7.11 Å². The van der Waals surface area contributed by atoms with E-state index in [0.717, 1.165) is 30.8 Å². The first-order valence-corrected chi connectivity index (χ1v) is 7.42. The van der Waals surface area contributed by atoms with Crippen LogP contribution in [0.1, 0.15) is 12.0 Å². The normalized spacial score (nSPS) is 17.9. The molecule has 3 nitrogen and oxygen atoms in total. The van der Waals surface area contributed by atoms with E-state index in [1.165, 1.54) is 11.1 Å². The molecule has 110 valence electrons. The molecule has 0 saturated carbocycles. The Kier molecular flexibility index (Phi) is 4.53. The number of nitrogens with one attached hydrogen (secondary N) is 1. The van der Waals surface area contributed by atoms with Crippen LogP contribution >= 0.6 is 0 Å². The van der Waals surface area contributed by atoms with Gasteiger partial charge in [-0.3, -0.25) is 0 Å². The smallest absolute Gasteiger partial charge is 0.126 e. The van der Waals surface area contributed by atoms with Crippen LogP contribution in [0, 0.1) is 0 Å². The molecule has 1 aliphatic rings. The largest absolute Gasteiger partial charge is 0.496 e. The van der Waals surface area contributed by atoms with Crippen molar-refractivity contribution in [2.45, 2.75) is 19.1 Å². The quantitative estimate of drug-likeness (QED) is 0.914. The maximum absolute atomic E-state index is 6.02. The second-order valence-corrected chi connectivity index (χ2v) is 5.28. The molecule has 1 N–H and O–H groups in total. The molecule has 0 spiro atoms. The number of hydrogen-bond acceptors (Lipinski definition) is 3. The van der Waals surface area contributed by atoms with E-state index in [4.69, 9.17) is 9.47 Å². The minimum Gasteiger partial charge on any atom is -0.496 e.